The zero-order valence-corrected chi connectivity index (χ0v) is 15.3. The van der Waals surface area contributed by atoms with Crippen LogP contribution in [0.25, 0.3) is 0 Å². The fraction of sp³-hybridized carbons (Fsp3) is 0.625. The monoisotopic (exact) mass is 404 g/mol. The van der Waals surface area contributed by atoms with Crippen LogP contribution in [-0.2, 0) is 5.33 Å². The molecule has 0 heterocycles. The summed E-state index contributed by atoms with van der Waals surface area (Å²) in [6, 6.07) is 4.13. The SMILES string of the molecule is CCC1CCCC(Oc2c(Br)cc(CBr)cc2OC)C1. The third kappa shape index (κ3) is 3.91. The Balaban J connectivity index is 2.15. The van der Waals surface area contributed by atoms with Crippen LogP contribution in [0.1, 0.15) is 44.6 Å². The lowest BCUT2D eigenvalue weighted by molar-refractivity contribution is 0.117. The van der Waals surface area contributed by atoms with Gasteiger partial charge < -0.3 is 9.47 Å². The van der Waals surface area contributed by atoms with Crippen molar-refractivity contribution in [1.82, 2.24) is 0 Å². The number of hydrogen-bond acceptors (Lipinski definition) is 2. The first-order valence-electron chi connectivity index (χ1n) is 7.27. The first kappa shape index (κ1) is 16.2. The van der Waals surface area contributed by atoms with Crippen molar-refractivity contribution in [2.45, 2.75) is 50.5 Å². The van der Waals surface area contributed by atoms with Crippen LogP contribution in [-0.4, -0.2) is 13.2 Å². The van der Waals surface area contributed by atoms with Crippen molar-refractivity contribution < 1.29 is 9.47 Å². The van der Waals surface area contributed by atoms with Crippen LogP contribution in [0.3, 0.4) is 0 Å². The van der Waals surface area contributed by atoms with Gasteiger partial charge in [-0.2, -0.15) is 0 Å². The molecule has 1 fully saturated rings. The molecule has 1 aromatic carbocycles. The first-order chi connectivity index (χ1) is 9.67. The molecular weight excluding hydrogens is 384 g/mol. The predicted molar refractivity (Wildman–Crippen MR) is 90.0 cm³/mol. The summed E-state index contributed by atoms with van der Waals surface area (Å²) in [6.45, 7) is 2.27. The molecule has 1 aliphatic carbocycles. The van der Waals surface area contributed by atoms with Crippen LogP contribution in [0.15, 0.2) is 16.6 Å². The molecule has 4 heteroatoms. The molecule has 1 saturated carbocycles. The van der Waals surface area contributed by atoms with E-state index in [0.29, 0.717) is 6.10 Å². The maximum absolute atomic E-state index is 6.25. The van der Waals surface area contributed by atoms with Gasteiger partial charge in [-0.25, -0.2) is 0 Å². The minimum Gasteiger partial charge on any atom is -0.493 e. The van der Waals surface area contributed by atoms with E-state index in [1.807, 2.05) is 6.07 Å². The molecule has 0 radical (unpaired) electrons. The lowest BCUT2D eigenvalue weighted by Gasteiger charge is -2.29. The van der Waals surface area contributed by atoms with Crippen LogP contribution in [0.5, 0.6) is 11.5 Å². The average molecular weight is 406 g/mol. The zero-order chi connectivity index (χ0) is 14.5. The number of methoxy groups -OCH3 is 1. The molecule has 0 N–H and O–H groups in total. The van der Waals surface area contributed by atoms with Crippen LogP contribution < -0.4 is 9.47 Å². The maximum Gasteiger partial charge on any atom is 0.175 e. The van der Waals surface area contributed by atoms with Gasteiger partial charge in [0.2, 0.25) is 0 Å². The molecule has 0 spiro atoms. The second-order valence-electron chi connectivity index (χ2n) is 5.42. The van der Waals surface area contributed by atoms with Gasteiger partial charge in [-0.1, -0.05) is 35.7 Å². The summed E-state index contributed by atoms with van der Waals surface area (Å²) < 4.78 is 12.7. The quantitative estimate of drug-likeness (QED) is 0.585. The van der Waals surface area contributed by atoms with Crippen LogP contribution in [0.4, 0.5) is 0 Å². The first-order valence-corrected chi connectivity index (χ1v) is 9.18. The molecule has 0 aromatic heterocycles. The highest BCUT2D eigenvalue weighted by Gasteiger charge is 2.24. The highest BCUT2D eigenvalue weighted by molar-refractivity contribution is 9.10. The lowest BCUT2D eigenvalue weighted by Crippen LogP contribution is -2.25. The summed E-state index contributed by atoms with van der Waals surface area (Å²) in [4.78, 5) is 0. The molecule has 20 heavy (non-hydrogen) atoms. The summed E-state index contributed by atoms with van der Waals surface area (Å²) in [5.74, 6) is 2.46. The molecule has 0 saturated heterocycles. The van der Waals surface area contributed by atoms with Crippen molar-refractivity contribution in [3.8, 4) is 11.5 Å². The molecule has 1 aliphatic rings. The largest absolute Gasteiger partial charge is 0.493 e. The van der Waals surface area contributed by atoms with E-state index in [2.05, 4.69) is 44.8 Å². The lowest BCUT2D eigenvalue weighted by atomic mass is 9.85. The van der Waals surface area contributed by atoms with Crippen molar-refractivity contribution in [2.75, 3.05) is 7.11 Å². The second kappa shape index (κ2) is 7.69. The van der Waals surface area contributed by atoms with E-state index < -0.39 is 0 Å². The Bertz CT molecular complexity index is 448. The van der Waals surface area contributed by atoms with E-state index >= 15 is 0 Å². The highest BCUT2D eigenvalue weighted by Crippen LogP contribution is 2.40. The Kier molecular flexibility index (Phi) is 6.21. The molecule has 0 aliphatic heterocycles. The van der Waals surface area contributed by atoms with Gasteiger partial charge >= 0.3 is 0 Å². The molecule has 2 unspecified atom stereocenters. The third-order valence-corrected chi connectivity index (χ3v) is 5.28. The number of ether oxygens (including phenoxy) is 2. The summed E-state index contributed by atoms with van der Waals surface area (Å²) >= 11 is 7.09. The van der Waals surface area contributed by atoms with Gasteiger partial charge in [-0.15, -0.1) is 0 Å². The summed E-state index contributed by atoms with van der Waals surface area (Å²) in [5.41, 5.74) is 1.18. The number of rotatable bonds is 5. The fourth-order valence-corrected chi connectivity index (χ4v) is 3.76. The normalized spacial score (nSPS) is 22.6. The van der Waals surface area contributed by atoms with Gasteiger partial charge in [0, 0.05) is 5.33 Å². The van der Waals surface area contributed by atoms with E-state index in [4.69, 9.17) is 9.47 Å². The number of benzene rings is 1. The predicted octanol–water partition coefficient (Wildman–Crippen LogP) is 5.70. The van der Waals surface area contributed by atoms with E-state index in [0.717, 1.165) is 40.1 Å². The number of hydrogen-bond donors (Lipinski definition) is 0. The van der Waals surface area contributed by atoms with Crippen LogP contribution in [0.2, 0.25) is 0 Å². The summed E-state index contributed by atoms with van der Waals surface area (Å²) in [7, 11) is 1.70. The highest BCUT2D eigenvalue weighted by atomic mass is 79.9. The average Bonchev–Trinajstić information content (AvgIpc) is 2.49. The van der Waals surface area contributed by atoms with Gasteiger partial charge in [-0.05, 0) is 58.8 Å². The van der Waals surface area contributed by atoms with Crippen molar-refractivity contribution >= 4 is 31.9 Å². The van der Waals surface area contributed by atoms with Gasteiger partial charge in [0.15, 0.2) is 11.5 Å². The minimum absolute atomic E-state index is 0.314. The summed E-state index contributed by atoms with van der Waals surface area (Å²) in [6.07, 6.45) is 6.48. The van der Waals surface area contributed by atoms with E-state index in [1.54, 1.807) is 7.11 Å². The van der Waals surface area contributed by atoms with Crippen molar-refractivity contribution in [2.24, 2.45) is 5.92 Å². The van der Waals surface area contributed by atoms with Gasteiger partial charge in [0.05, 0.1) is 17.7 Å². The zero-order valence-electron chi connectivity index (χ0n) is 12.1. The topological polar surface area (TPSA) is 18.5 Å². The minimum atomic E-state index is 0.314. The molecule has 2 rings (SSSR count). The van der Waals surface area contributed by atoms with Crippen molar-refractivity contribution in [3.05, 3.63) is 22.2 Å². The molecular formula is C16H22Br2O2. The fourth-order valence-electron chi connectivity index (χ4n) is 2.85. The summed E-state index contributed by atoms with van der Waals surface area (Å²) in [5, 5.41) is 0.809. The Hall–Kier alpha value is -0.220. The Morgan fingerprint density at radius 3 is 2.75 bits per heavy atom. The molecule has 0 amide bonds. The number of halogens is 2. The molecule has 2 atom stereocenters. The Morgan fingerprint density at radius 2 is 2.10 bits per heavy atom. The van der Waals surface area contributed by atoms with Gasteiger partial charge in [0.1, 0.15) is 0 Å². The van der Waals surface area contributed by atoms with Gasteiger partial charge in [-0.3, -0.25) is 0 Å². The van der Waals surface area contributed by atoms with E-state index in [9.17, 15) is 0 Å². The Labute approximate surface area is 138 Å². The van der Waals surface area contributed by atoms with Crippen LogP contribution in [0, 0.1) is 5.92 Å². The van der Waals surface area contributed by atoms with Crippen LogP contribution >= 0.6 is 31.9 Å². The second-order valence-corrected chi connectivity index (χ2v) is 6.84. The van der Waals surface area contributed by atoms with Gasteiger partial charge in [0.25, 0.3) is 0 Å². The van der Waals surface area contributed by atoms with Crippen molar-refractivity contribution in [3.63, 3.8) is 0 Å². The van der Waals surface area contributed by atoms with E-state index in [-0.39, 0.29) is 0 Å². The number of alkyl halides is 1. The standard InChI is InChI=1S/C16H22Br2O2/c1-3-11-5-4-6-13(7-11)20-16-14(18)8-12(10-17)9-15(16)19-2/h8-9,11,13H,3-7,10H2,1-2H3. The molecule has 1 aromatic rings. The smallest absolute Gasteiger partial charge is 0.175 e. The van der Waals surface area contributed by atoms with E-state index in [1.165, 1.54) is 24.8 Å². The third-order valence-electron chi connectivity index (χ3n) is 4.04. The van der Waals surface area contributed by atoms with Crippen molar-refractivity contribution in [1.29, 1.82) is 0 Å². The molecule has 112 valence electrons. The molecule has 0 bridgehead atoms. The molecule has 2 nitrogen and oxygen atoms in total. The Morgan fingerprint density at radius 1 is 1.30 bits per heavy atom. The maximum atomic E-state index is 6.25.